The van der Waals surface area contributed by atoms with Crippen LogP contribution in [0, 0.1) is 11.3 Å². The first-order valence-electron chi connectivity index (χ1n) is 9.11. The molecule has 5 nitrogen and oxygen atoms in total. The zero-order chi connectivity index (χ0) is 18.3. The molecular weight excluding hydrogens is 290 g/mol. The second kappa shape index (κ2) is 14.3. The van der Waals surface area contributed by atoms with Crippen molar-refractivity contribution in [1.29, 1.82) is 0 Å². The van der Waals surface area contributed by atoms with Gasteiger partial charge in [0.15, 0.2) is 0 Å². The lowest BCUT2D eigenvalue weighted by molar-refractivity contribution is 0.126. The number of carbonyl (C=O) groups is 2. The molecule has 23 heavy (non-hydrogen) atoms. The average Bonchev–Trinajstić information content (AvgIpc) is 2.45. The van der Waals surface area contributed by atoms with Crippen LogP contribution in [0.1, 0.15) is 92.4 Å². The minimum Gasteiger partial charge on any atom is -0.351 e. The summed E-state index contributed by atoms with van der Waals surface area (Å²) < 4.78 is 0. The van der Waals surface area contributed by atoms with Gasteiger partial charge in [0, 0.05) is 0 Å². The number of primary amides is 2. The molecule has 0 bridgehead atoms. The molecule has 0 unspecified atom stereocenters. The van der Waals surface area contributed by atoms with Gasteiger partial charge in [0.05, 0.1) is 0 Å². The van der Waals surface area contributed by atoms with Gasteiger partial charge in [-0.15, -0.1) is 0 Å². The summed E-state index contributed by atoms with van der Waals surface area (Å²) in [5, 5.41) is 1.58. The van der Waals surface area contributed by atoms with E-state index < -0.39 is 12.1 Å². The second-order valence-electron chi connectivity index (χ2n) is 6.68. The number of amides is 4. The number of nitrogens with two attached hydrogens (primary N) is 2. The van der Waals surface area contributed by atoms with Gasteiger partial charge in [0.2, 0.25) is 0 Å². The molecule has 0 fully saturated rings. The Bertz CT molecular complexity index is 284. The minimum absolute atomic E-state index is 0.655. The highest BCUT2D eigenvalue weighted by Crippen LogP contribution is 2.43. The molecule has 0 saturated carbocycles. The highest BCUT2D eigenvalue weighted by Gasteiger charge is 2.31. The first kappa shape index (κ1) is 24.0. The Morgan fingerprint density at radius 3 is 1.26 bits per heavy atom. The number of imide groups is 1. The fraction of sp³-hybridized carbons (Fsp3) is 0.889. The lowest BCUT2D eigenvalue weighted by Crippen LogP contribution is -2.38. The Morgan fingerprint density at radius 1 is 0.826 bits per heavy atom. The molecule has 0 aromatic heterocycles. The maximum absolute atomic E-state index is 9.62. The summed E-state index contributed by atoms with van der Waals surface area (Å²) in [7, 11) is 0. The Balaban J connectivity index is 0. The first-order valence-corrected chi connectivity index (χ1v) is 9.11. The summed E-state index contributed by atoms with van der Waals surface area (Å²) in [6.45, 7) is 11.9. The van der Waals surface area contributed by atoms with Gasteiger partial charge in [-0.3, -0.25) is 5.32 Å². The number of hydrogen-bond acceptors (Lipinski definition) is 2. The van der Waals surface area contributed by atoms with Crippen molar-refractivity contribution in [3.63, 3.8) is 0 Å². The monoisotopic (exact) mass is 329 g/mol. The van der Waals surface area contributed by atoms with E-state index in [0.29, 0.717) is 5.41 Å². The molecule has 0 rings (SSSR count). The van der Waals surface area contributed by atoms with E-state index >= 15 is 0 Å². The highest BCUT2D eigenvalue weighted by atomic mass is 16.2. The van der Waals surface area contributed by atoms with Crippen molar-refractivity contribution >= 4 is 12.1 Å². The number of carbonyl (C=O) groups excluding carboxylic acids is 2. The van der Waals surface area contributed by atoms with Crippen molar-refractivity contribution in [1.82, 2.24) is 5.32 Å². The van der Waals surface area contributed by atoms with E-state index in [9.17, 15) is 9.59 Å². The van der Waals surface area contributed by atoms with Crippen LogP contribution < -0.4 is 16.8 Å². The average molecular weight is 330 g/mol. The Hall–Kier alpha value is -1.26. The number of rotatable bonds is 10. The van der Waals surface area contributed by atoms with Crippen LogP contribution in [0.5, 0.6) is 0 Å². The van der Waals surface area contributed by atoms with E-state index in [1.54, 1.807) is 5.32 Å². The van der Waals surface area contributed by atoms with E-state index in [4.69, 9.17) is 0 Å². The van der Waals surface area contributed by atoms with Gasteiger partial charge in [-0.2, -0.15) is 0 Å². The van der Waals surface area contributed by atoms with Gasteiger partial charge in [-0.1, -0.05) is 73.1 Å². The SMILES string of the molecule is CCCCC(CCCC)(CCCC)C(C)C.NC(=O)NC(N)=O. The van der Waals surface area contributed by atoms with E-state index in [-0.39, 0.29) is 0 Å². The first-order chi connectivity index (χ1) is 10.8. The van der Waals surface area contributed by atoms with E-state index in [0.717, 1.165) is 5.92 Å². The third-order valence-electron chi connectivity index (χ3n) is 4.56. The highest BCUT2D eigenvalue weighted by molar-refractivity contribution is 5.91. The number of hydrogen-bond donors (Lipinski definition) is 3. The molecule has 0 heterocycles. The van der Waals surface area contributed by atoms with Gasteiger partial charge in [-0.05, 0) is 30.6 Å². The predicted molar refractivity (Wildman–Crippen MR) is 98.1 cm³/mol. The number of urea groups is 2. The molecule has 4 amide bonds. The quantitative estimate of drug-likeness (QED) is 0.529. The van der Waals surface area contributed by atoms with Gasteiger partial charge in [0.25, 0.3) is 0 Å². The van der Waals surface area contributed by atoms with Crippen molar-refractivity contribution in [2.75, 3.05) is 0 Å². The maximum Gasteiger partial charge on any atom is 0.320 e. The van der Waals surface area contributed by atoms with E-state index in [1.165, 1.54) is 57.8 Å². The zero-order valence-corrected chi connectivity index (χ0v) is 15.9. The molecule has 0 radical (unpaired) electrons. The van der Waals surface area contributed by atoms with Crippen LogP contribution in [0.2, 0.25) is 0 Å². The van der Waals surface area contributed by atoms with Crippen LogP contribution in [-0.2, 0) is 0 Å². The molecule has 0 aliphatic carbocycles. The summed E-state index contributed by atoms with van der Waals surface area (Å²) in [6, 6.07) is -1.88. The second-order valence-corrected chi connectivity index (χ2v) is 6.68. The van der Waals surface area contributed by atoms with Crippen molar-refractivity contribution in [3.8, 4) is 0 Å². The minimum atomic E-state index is -0.938. The van der Waals surface area contributed by atoms with Crippen molar-refractivity contribution in [2.24, 2.45) is 22.8 Å². The van der Waals surface area contributed by atoms with Gasteiger partial charge in [-0.25, -0.2) is 9.59 Å². The van der Waals surface area contributed by atoms with E-state index in [2.05, 4.69) is 46.1 Å². The van der Waals surface area contributed by atoms with Gasteiger partial charge >= 0.3 is 12.1 Å². The fourth-order valence-corrected chi connectivity index (χ4v) is 2.95. The third kappa shape index (κ3) is 12.9. The van der Waals surface area contributed by atoms with Crippen LogP contribution in [0.15, 0.2) is 0 Å². The standard InChI is InChI=1S/C16H34.C2H5N3O2/c1-6-9-12-16(15(4)5,13-10-7-2)14-11-8-3;3-1(6)5-2(4)7/h15H,6-14H2,1-5H3;(H5,3,4,5,6,7). The largest absolute Gasteiger partial charge is 0.351 e. The Morgan fingerprint density at radius 2 is 1.13 bits per heavy atom. The lowest BCUT2D eigenvalue weighted by atomic mass is 9.67. The molecular formula is C18H39N3O2. The lowest BCUT2D eigenvalue weighted by Gasteiger charge is -2.38. The van der Waals surface area contributed by atoms with Gasteiger partial charge in [0.1, 0.15) is 0 Å². The van der Waals surface area contributed by atoms with Crippen molar-refractivity contribution in [3.05, 3.63) is 0 Å². The zero-order valence-electron chi connectivity index (χ0n) is 15.9. The maximum atomic E-state index is 9.62. The van der Waals surface area contributed by atoms with Crippen LogP contribution >= 0.6 is 0 Å². The molecule has 0 aromatic carbocycles. The number of nitrogens with one attached hydrogen (secondary N) is 1. The molecule has 0 aromatic rings. The van der Waals surface area contributed by atoms with Crippen LogP contribution in [0.4, 0.5) is 9.59 Å². The number of unbranched alkanes of at least 4 members (excludes halogenated alkanes) is 3. The van der Waals surface area contributed by atoms with Crippen molar-refractivity contribution in [2.45, 2.75) is 92.4 Å². The van der Waals surface area contributed by atoms with Gasteiger partial charge < -0.3 is 11.5 Å². The predicted octanol–water partition coefficient (Wildman–Crippen LogP) is 4.93. The molecule has 5 heteroatoms. The Labute approximate surface area is 143 Å². The molecule has 5 N–H and O–H groups in total. The molecule has 0 spiro atoms. The van der Waals surface area contributed by atoms with Crippen LogP contribution in [0.25, 0.3) is 0 Å². The molecule has 0 atom stereocenters. The van der Waals surface area contributed by atoms with E-state index in [1.807, 2.05) is 0 Å². The smallest absolute Gasteiger partial charge is 0.320 e. The Kier molecular flexibility index (Phi) is 15.0. The molecule has 0 aliphatic rings. The van der Waals surface area contributed by atoms with Crippen molar-refractivity contribution < 1.29 is 9.59 Å². The summed E-state index contributed by atoms with van der Waals surface area (Å²) >= 11 is 0. The summed E-state index contributed by atoms with van der Waals surface area (Å²) in [4.78, 5) is 19.2. The molecule has 0 aliphatic heterocycles. The third-order valence-corrected chi connectivity index (χ3v) is 4.56. The fourth-order valence-electron chi connectivity index (χ4n) is 2.95. The summed E-state index contributed by atoms with van der Waals surface area (Å²) in [5.74, 6) is 0.858. The summed E-state index contributed by atoms with van der Waals surface area (Å²) in [5.41, 5.74) is 9.54. The molecule has 0 saturated heterocycles. The van der Waals surface area contributed by atoms with Crippen LogP contribution in [0.3, 0.4) is 0 Å². The topological polar surface area (TPSA) is 98.2 Å². The molecule has 138 valence electrons. The normalized spacial score (nSPS) is 10.9. The van der Waals surface area contributed by atoms with Crippen LogP contribution in [-0.4, -0.2) is 12.1 Å². The summed E-state index contributed by atoms with van der Waals surface area (Å²) in [6.07, 6.45) is 12.7.